The van der Waals surface area contributed by atoms with Crippen LogP contribution < -0.4 is 48.5 Å². The quantitative estimate of drug-likeness (QED) is 0.0314. The Morgan fingerprint density at radius 1 is 0.484 bits per heavy atom. The lowest BCUT2D eigenvalue weighted by atomic mass is 9.89. The third kappa shape index (κ3) is 17.7. The van der Waals surface area contributed by atoms with Crippen LogP contribution in [0.25, 0.3) is 95.2 Å². The summed E-state index contributed by atoms with van der Waals surface area (Å²) in [6.45, 7) is 5.15. The number of nitrogens with one attached hydrogen (secondary N) is 2. The molecule has 28 nitrogen and oxygen atoms in total. The van der Waals surface area contributed by atoms with Gasteiger partial charge in [0.15, 0.2) is 34.7 Å². The number of thiazole rings is 3. The van der Waals surface area contributed by atoms with Gasteiger partial charge in [0.25, 0.3) is 11.8 Å². The van der Waals surface area contributed by atoms with Gasteiger partial charge >= 0.3 is 24.2 Å². The molecule has 8 atom stereocenters. The molecule has 17 rings (SSSR count). The van der Waals surface area contributed by atoms with Gasteiger partial charge in [-0.1, -0.05) is 13.8 Å². The van der Waals surface area contributed by atoms with Crippen LogP contribution in [0.3, 0.4) is 0 Å². The molecule has 6 aromatic carbocycles. The van der Waals surface area contributed by atoms with Gasteiger partial charge in [0.05, 0.1) is 173 Å². The van der Waals surface area contributed by atoms with Crippen LogP contribution in [0.15, 0.2) is 128 Å². The average Bonchev–Trinajstić information content (AvgIpc) is 1.67. The van der Waals surface area contributed by atoms with Crippen molar-refractivity contribution in [3.8, 4) is 78.4 Å². The summed E-state index contributed by atoms with van der Waals surface area (Å²) in [6, 6.07) is 21.8. The zero-order chi connectivity index (χ0) is 85.2. The summed E-state index contributed by atoms with van der Waals surface area (Å²) in [5, 5.41) is 41.1. The first-order valence-electron chi connectivity index (χ1n) is 38.2. The number of hydrogen-bond acceptors (Lipinski definition) is 29. The monoisotopic (exact) mass is 1730 g/mol. The number of rotatable bonds is 26. The SMILES string of the molecule is COc1cnc2c(-c3nc4cc(F)c(O[C@@H]5CC(F)(F)C[C@@H]5OC(=O)Nc5cnc(OCC(O)Cc6cc(-c7nc8cc(F)c(O[C@H]9CC(F)(F)C[C@H]9OC(=O)Nc9cnc(OCC(O)Cc%10cc(-c%11nc%12cc(F)c(O[C@@H]%13CCC(C)(C)[C@@H]%13O)cc%12s%11)c%11ncc(OC)nc%11c%10)nc9)cc8s7)c7ncc(OC)cc7c6)nc5)cc4s3)cc(C)cc2c1. The molecule has 0 bridgehead atoms. The molecule has 0 saturated heterocycles. The van der Waals surface area contributed by atoms with E-state index >= 15 is 30.7 Å². The highest BCUT2D eigenvalue weighted by atomic mass is 32.1. The third-order valence-corrected chi connectivity index (χ3v) is 24.2. The average molecular weight is 1730 g/mol. The highest BCUT2D eigenvalue weighted by Gasteiger charge is 2.52. The van der Waals surface area contributed by atoms with Gasteiger partial charge in [0.2, 0.25) is 5.88 Å². The first kappa shape index (κ1) is 82.0. The number of benzene rings is 6. The molecule has 14 aromatic rings. The maximum Gasteiger partial charge on any atom is 0.412 e. The summed E-state index contributed by atoms with van der Waals surface area (Å²) in [6.07, 6.45) is -5.26. The van der Waals surface area contributed by atoms with E-state index < -0.39 is 122 Å². The van der Waals surface area contributed by atoms with E-state index in [-0.39, 0.29) is 77.8 Å². The predicted octanol–water partition coefficient (Wildman–Crippen LogP) is 16.4. The molecule has 122 heavy (non-hydrogen) atoms. The number of carbonyl (C=O) groups excluding carboxylic acids is 2. The zero-order valence-electron chi connectivity index (χ0n) is 65.3. The number of halogens is 7. The number of nitrogens with zero attached hydrogens (tertiary/aromatic N) is 11. The molecule has 5 N–H and O–H groups in total. The Morgan fingerprint density at radius 2 is 0.902 bits per heavy atom. The van der Waals surface area contributed by atoms with Crippen molar-refractivity contribution < 1.29 is 103 Å². The van der Waals surface area contributed by atoms with E-state index in [1.807, 2.05) is 39.0 Å². The van der Waals surface area contributed by atoms with Crippen molar-refractivity contribution in [1.29, 1.82) is 0 Å². The summed E-state index contributed by atoms with van der Waals surface area (Å²) in [5.41, 5.74) is 6.25. The maximum absolute atomic E-state index is 16.2. The number of aliphatic hydroxyl groups excluding tert-OH is 3. The number of methoxy groups -OCH3 is 3. The van der Waals surface area contributed by atoms with Crippen molar-refractivity contribution in [2.75, 3.05) is 45.2 Å². The van der Waals surface area contributed by atoms with Crippen LogP contribution in [-0.4, -0.2) is 178 Å². The molecule has 630 valence electrons. The predicted molar refractivity (Wildman–Crippen MR) is 436 cm³/mol. The molecule has 0 spiro atoms. The number of pyridine rings is 2. The number of aromatic nitrogens is 11. The summed E-state index contributed by atoms with van der Waals surface area (Å²) >= 11 is 3.61. The molecule has 0 aliphatic heterocycles. The second-order valence-electron chi connectivity index (χ2n) is 30.5. The fourth-order valence-corrected chi connectivity index (χ4v) is 18.0. The van der Waals surface area contributed by atoms with Crippen molar-refractivity contribution >= 4 is 121 Å². The standard InChI is InChI=1S/C84H72F7N13O15S3/c1-38-9-41-17-47(110-4)33-92-71(41)49(10-38)75-102-55-20-53(86)61(23-68(55)120-75)116-63-25-83(88,89)27-65(63)118-80(108)99-43-29-95-78(96-30-43)113-36-45(105)12-39-11-42-18-48(111-5)34-93-72(42)50(14-39)76-103-56-21-54(87)62(24-69(56)121-76)117-64-26-84(90,91)28-66(64)119-81(109)100-44-31-97-79(98-32-44)114-37-46(106)13-40-15-51(73-58(16-40)101-70(112-6)35-94-73)77-104-57-19-52(85)60(22-67(57)122-77)115-59-7-8-82(2,3)74(59)107/h9-11,14-24,29-35,45-46,59,63-66,74,105-107H,7-8,12-13,25-28,36-37H2,1-6H3,(H,99,108)(H,100,109)/t45?,46?,59-,63-,64+,65+,66-,74-/m1/s1. The highest BCUT2D eigenvalue weighted by Crippen LogP contribution is 2.47. The van der Waals surface area contributed by atoms with Crippen molar-refractivity contribution in [1.82, 2.24) is 54.8 Å². The first-order valence-corrected chi connectivity index (χ1v) is 40.7. The van der Waals surface area contributed by atoms with E-state index in [4.69, 9.17) is 57.3 Å². The minimum Gasteiger partial charge on any atom is -0.495 e. The molecule has 0 radical (unpaired) electrons. The van der Waals surface area contributed by atoms with E-state index in [2.05, 4.69) is 55.5 Å². The summed E-state index contributed by atoms with van der Waals surface area (Å²) in [7, 11) is 4.45. The summed E-state index contributed by atoms with van der Waals surface area (Å²) in [5.74, 6) is -8.70. The summed E-state index contributed by atoms with van der Waals surface area (Å²) < 4.78 is 166. The van der Waals surface area contributed by atoms with Crippen molar-refractivity contribution in [3.05, 3.63) is 162 Å². The van der Waals surface area contributed by atoms with E-state index in [9.17, 15) is 24.9 Å². The molecule has 38 heteroatoms. The minimum atomic E-state index is -3.39. The van der Waals surface area contributed by atoms with Crippen LogP contribution >= 0.6 is 34.0 Å². The lowest BCUT2D eigenvalue weighted by Crippen LogP contribution is -2.34. The number of alkyl halides is 4. The molecule has 3 aliphatic rings. The van der Waals surface area contributed by atoms with Gasteiger partial charge in [0, 0.05) is 76.7 Å². The van der Waals surface area contributed by atoms with Crippen LogP contribution in [0.5, 0.6) is 46.6 Å². The molecule has 3 saturated carbocycles. The number of hydrogen-bond donors (Lipinski definition) is 5. The summed E-state index contributed by atoms with van der Waals surface area (Å²) in [4.78, 5) is 75.6. The van der Waals surface area contributed by atoms with Crippen LogP contribution in [0, 0.1) is 29.8 Å². The normalized spacial score (nSPS) is 19.0. The van der Waals surface area contributed by atoms with Crippen LogP contribution in [0.2, 0.25) is 0 Å². The molecule has 8 aromatic heterocycles. The first-order chi connectivity index (χ1) is 58.5. The Labute approximate surface area is 699 Å². The Kier molecular flexibility index (Phi) is 22.3. The molecular formula is C84H72F7N13O15S3. The van der Waals surface area contributed by atoms with Gasteiger partial charge in [-0.15, -0.1) is 34.0 Å². The fraction of sp³-hybridized carbons (Fsp3) is 0.321. The largest absolute Gasteiger partial charge is 0.495 e. The highest BCUT2D eigenvalue weighted by molar-refractivity contribution is 7.22. The fourth-order valence-electron chi connectivity index (χ4n) is 15.0. The van der Waals surface area contributed by atoms with Gasteiger partial charge in [-0.3, -0.25) is 20.6 Å². The van der Waals surface area contributed by atoms with E-state index in [1.165, 1.54) is 67.5 Å². The van der Waals surface area contributed by atoms with Crippen LogP contribution in [0.1, 0.15) is 69.1 Å². The zero-order valence-corrected chi connectivity index (χ0v) is 67.8. The van der Waals surface area contributed by atoms with Crippen LogP contribution in [-0.2, 0) is 22.3 Å². The molecule has 2 unspecified atom stereocenters. The second kappa shape index (κ2) is 33.2. The Hall–Kier alpha value is -12.4. The number of carbonyl (C=O) groups is 2. The van der Waals surface area contributed by atoms with Gasteiger partial charge < -0.3 is 62.7 Å². The number of amides is 2. The second-order valence-corrected chi connectivity index (χ2v) is 33.6. The molecule has 8 heterocycles. The Morgan fingerprint density at radius 3 is 1.34 bits per heavy atom. The van der Waals surface area contributed by atoms with Gasteiger partial charge in [-0.2, -0.15) is 0 Å². The number of anilines is 2. The Bertz CT molecular complexity index is 6380. The van der Waals surface area contributed by atoms with E-state index in [1.54, 1.807) is 49.7 Å². The van der Waals surface area contributed by atoms with Gasteiger partial charge in [-0.25, -0.2) is 85.2 Å². The third-order valence-electron chi connectivity index (χ3n) is 21.0. The minimum absolute atomic E-state index is 0.00231. The van der Waals surface area contributed by atoms with Crippen molar-refractivity contribution in [3.63, 3.8) is 0 Å². The Balaban J connectivity index is 0.498. The number of ether oxygens (including phenoxy) is 10. The lowest BCUT2D eigenvalue weighted by molar-refractivity contribution is -0.00682. The van der Waals surface area contributed by atoms with Crippen molar-refractivity contribution in [2.45, 2.75) is 133 Å². The smallest absolute Gasteiger partial charge is 0.412 e. The number of fused-ring (bicyclic) bond motifs is 6. The van der Waals surface area contributed by atoms with E-state index in [0.29, 0.717) is 113 Å². The van der Waals surface area contributed by atoms with Gasteiger partial charge in [-0.05, 0) is 90.4 Å². The number of aliphatic hydroxyl groups is 3. The van der Waals surface area contributed by atoms with E-state index in [0.717, 1.165) is 65.6 Å². The topological polar surface area (TPSA) is 353 Å². The molecule has 2 amide bonds. The van der Waals surface area contributed by atoms with Gasteiger partial charge in [0.1, 0.15) is 70.3 Å². The molecular weight excluding hydrogens is 1660 g/mol. The molecule has 3 aliphatic carbocycles. The maximum atomic E-state index is 16.2. The van der Waals surface area contributed by atoms with Crippen molar-refractivity contribution in [2.24, 2.45) is 5.41 Å². The lowest BCUT2D eigenvalue weighted by Gasteiger charge is -2.25. The molecule has 3 fully saturated rings. The number of aryl methyl sites for hydroxylation is 1. The van der Waals surface area contributed by atoms with Crippen LogP contribution in [0.4, 0.5) is 51.7 Å².